The van der Waals surface area contributed by atoms with Crippen molar-refractivity contribution >= 4 is 45.2 Å². The van der Waals surface area contributed by atoms with Crippen LogP contribution in [-0.4, -0.2) is 41.8 Å². The van der Waals surface area contributed by atoms with E-state index in [-0.39, 0.29) is 41.7 Å². The standard InChI is InChI=1S/C23H23BrN2O5/c1-23(2,3)25-18-12-20(28)26(21(18)29)17-10-6-15(7-11-17)22(30)31-13-19(27)14-4-8-16(24)9-5-14/h4-11,18,25H,12-13H2,1-3H3. The third-order valence-corrected chi connectivity index (χ3v) is 5.14. The van der Waals surface area contributed by atoms with Gasteiger partial charge in [-0.05, 0) is 57.2 Å². The number of hydrogen-bond acceptors (Lipinski definition) is 6. The van der Waals surface area contributed by atoms with Crippen LogP contribution in [0.1, 0.15) is 47.9 Å². The number of halogens is 1. The van der Waals surface area contributed by atoms with Crippen molar-refractivity contribution in [1.82, 2.24) is 5.32 Å². The minimum Gasteiger partial charge on any atom is -0.454 e. The van der Waals surface area contributed by atoms with Gasteiger partial charge < -0.3 is 10.1 Å². The zero-order valence-corrected chi connectivity index (χ0v) is 19.1. The van der Waals surface area contributed by atoms with Gasteiger partial charge in [-0.1, -0.05) is 28.1 Å². The van der Waals surface area contributed by atoms with Gasteiger partial charge in [0, 0.05) is 15.6 Å². The average Bonchev–Trinajstić information content (AvgIpc) is 2.98. The topological polar surface area (TPSA) is 92.8 Å². The first-order chi connectivity index (χ1) is 14.5. The molecule has 0 radical (unpaired) electrons. The molecule has 1 heterocycles. The van der Waals surface area contributed by atoms with E-state index in [9.17, 15) is 19.2 Å². The third-order valence-electron chi connectivity index (χ3n) is 4.62. The third kappa shape index (κ3) is 5.65. The van der Waals surface area contributed by atoms with Crippen molar-refractivity contribution in [3.8, 4) is 0 Å². The van der Waals surface area contributed by atoms with E-state index in [1.54, 1.807) is 24.3 Å². The van der Waals surface area contributed by atoms with Gasteiger partial charge in [0.15, 0.2) is 12.4 Å². The minimum absolute atomic E-state index is 0.0814. The van der Waals surface area contributed by atoms with Gasteiger partial charge in [-0.15, -0.1) is 0 Å². The number of esters is 1. The molecule has 0 saturated carbocycles. The molecule has 3 rings (SSSR count). The molecule has 1 atom stereocenters. The number of nitrogens with zero attached hydrogens (tertiary/aromatic N) is 1. The van der Waals surface area contributed by atoms with Crippen molar-refractivity contribution < 1.29 is 23.9 Å². The number of imide groups is 1. The Morgan fingerprint density at radius 3 is 2.19 bits per heavy atom. The Morgan fingerprint density at radius 2 is 1.61 bits per heavy atom. The molecule has 0 spiro atoms. The van der Waals surface area contributed by atoms with E-state index in [1.165, 1.54) is 24.3 Å². The lowest BCUT2D eigenvalue weighted by Gasteiger charge is -2.24. The molecule has 2 aromatic carbocycles. The van der Waals surface area contributed by atoms with Gasteiger partial charge in [0.1, 0.15) is 0 Å². The first kappa shape index (κ1) is 22.8. The molecular weight excluding hydrogens is 464 g/mol. The van der Waals surface area contributed by atoms with E-state index in [0.29, 0.717) is 11.3 Å². The lowest BCUT2D eigenvalue weighted by atomic mass is 10.1. The number of anilines is 1. The molecule has 0 aliphatic carbocycles. The van der Waals surface area contributed by atoms with Crippen LogP contribution in [0.15, 0.2) is 53.0 Å². The Morgan fingerprint density at radius 1 is 1.03 bits per heavy atom. The lowest BCUT2D eigenvalue weighted by Crippen LogP contribution is -2.47. The van der Waals surface area contributed by atoms with Crippen LogP contribution in [0, 0.1) is 0 Å². The summed E-state index contributed by atoms with van der Waals surface area (Å²) >= 11 is 3.30. The van der Waals surface area contributed by atoms with E-state index < -0.39 is 12.0 Å². The van der Waals surface area contributed by atoms with Crippen LogP contribution < -0.4 is 10.2 Å². The van der Waals surface area contributed by atoms with E-state index in [4.69, 9.17) is 4.74 Å². The van der Waals surface area contributed by atoms with Crippen molar-refractivity contribution in [1.29, 1.82) is 0 Å². The molecule has 0 aromatic heterocycles. The van der Waals surface area contributed by atoms with Crippen LogP contribution in [0.5, 0.6) is 0 Å². The lowest BCUT2D eigenvalue weighted by molar-refractivity contribution is -0.121. The molecule has 1 fully saturated rings. The molecule has 1 unspecified atom stereocenters. The number of amides is 2. The number of Topliss-reactive ketones (excluding diaryl/α,β-unsaturated/α-hetero) is 1. The smallest absolute Gasteiger partial charge is 0.338 e. The fourth-order valence-electron chi connectivity index (χ4n) is 3.22. The largest absolute Gasteiger partial charge is 0.454 e. The summed E-state index contributed by atoms with van der Waals surface area (Å²) in [6, 6.07) is 12.1. The molecule has 2 amide bonds. The highest BCUT2D eigenvalue weighted by atomic mass is 79.9. The minimum atomic E-state index is -0.664. The van der Waals surface area contributed by atoms with Gasteiger partial charge in [0.2, 0.25) is 5.91 Å². The maximum absolute atomic E-state index is 12.7. The second-order valence-corrected chi connectivity index (χ2v) is 9.19. The number of ether oxygens (including phenoxy) is 1. The first-order valence-electron chi connectivity index (χ1n) is 9.75. The molecule has 1 aliphatic rings. The molecule has 0 bridgehead atoms. The van der Waals surface area contributed by atoms with Crippen LogP contribution in [0.3, 0.4) is 0 Å². The summed E-state index contributed by atoms with van der Waals surface area (Å²) in [5, 5.41) is 3.15. The highest BCUT2D eigenvalue weighted by Gasteiger charge is 2.40. The van der Waals surface area contributed by atoms with Gasteiger partial charge in [-0.3, -0.25) is 14.4 Å². The molecule has 31 heavy (non-hydrogen) atoms. The van der Waals surface area contributed by atoms with Gasteiger partial charge in [-0.2, -0.15) is 0 Å². The fourth-order valence-corrected chi connectivity index (χ4v) is 3.48. The molecular formula is C23H23BrN2O5. The Labute approximate surface area is 188 Å². The van der Waals surface area contributed by atoms with E-state index >= 15 is 0 Å². The van der Waals surface area contributed by atoms with Crippen molar-refractivity contribution in [2.24, 2.45) is 0 Å². The second-order valence-electron chi connectivity index (χ2n) is 8.27. The molecule has 1 N–H and O–H groups in total. The van der Waals surface area contributed by atoms with Crippen molar-refractivity contribution in [2.75, 3.05) is 11.5 Å². The van der Waals surface area contributed by atoms with Crippen LogP contribution in [0.4, 0.5) is 5.69 Å². The van der Waals surface area contributed by atoms with E-state index in [0.717, 1.165) is 9.37 Å². The van der Waals surface area contributed by atoms with Gasteiger partial charge in [-0.25, -0.2) is 9.69 Å². The zero-order valence-electron chi connectivity index (χ0n) is 17.5. The Balaban J connectivity index is 1.62. The maximum Gasteiger partial charge on any atom is 0.338 e. The number of carbonyl (C=O) groups is 4. The summed E-state index contributed by atoms with van der Waals surface area (Å²) in [6.45, 7) is 5.39. The van der Waals surface area contributed by atoms with Crippen molar-refractivity contribution in [3.05, 3.63) is 64.1 Å². The Bertz CT molecular complexity index is 1010. The number of ketones is 1. The van der Waals surface area contributed by atoms with Gasteiger partial charge in [0.05, 0.1) is 23.7 Å². The normalized spacial score (nSPS) is 16.5. The second kappa shape index (κ2) is 9.11. The Hall–Kier alpha value is -2.84. The van der Waals surface area contributed by atoms with Gasteiger partial charge in [0.25, 0.3) is 5.91 Å². The monoisotopic (exact) mass is 486 g/mol. The quantitative estimate of drug-likeness (QED) is 0.381. The molecule has 2 aromatic rings. The first-order valence-corrected chi connectivity index (χ1v) is 10.5. The maximum atomic E-state index is 12.7. The van der Waals surface area contributed by atoms with Crippen LogP contribution in [0.2, 0.25) is 0 Å². The predicted molar refractivity (Wildman–Crippen MR) is 119 cm³/mol. The number of hydrogen-bond donors (Lipinski definition) is 1. The summed E-state index contributed by atoms with van der Waals surface area (Å²) < 4.78 is 5.94. The van der Waals surface area contributed by atoms with E-state index in [2.05, 4.69) is 21.2 Å². The van der Waals surface area contributed by atoms with E-state index in [1.807, 2.05) is 20.8 Å². The van der Waals surface area contributed by atoms with Gasteiger partial charge >= 0.3 is 5.97 Å². The van der Waals surface area contributed by atoms with Crippen LogP contribution in [0.25, 0.3) is 0 Å². The van der Waals surface area contributed by atoms with Crippen molar-refractivity contribution in [3.63, 3.8) is 0 Å². The number of carbonyl (C=O) groups excluding carboxylic acids is 4. The van der Waals surface area contributed by atoms with Crippen molar-refractivity contribution in [2.45, 2.75) is 38.8 Å². The predicted octanol–water partition coefficient (Wildman–Crippen LogP) is 3.51. The number of rotatable bonds is 6. The highest BCUT2D eigenvalue weighted by Crippen LogP contribution is 2.24. The molecule has 162 valence electrons. The average molecular weight is 487 g/mol. The SMILES string of the molecule is CC(C)(C)NC1CC(=O)N(c2ccc(C(=O)OCC(=O)c3ccc(Br)cc3)cc2)C1=O. The summed E-state index contributed by atoms with van der Waals surface area (Å²) in [5.41, 5.74) is 0.736. The fraction of sp³-hybridized carbons (Fsp3) is 0.304. The summed E-state index contributed by atoms with van der Waals surface area (Å²) in [5.74, 6) is -1.61. The number of nitrogens with one attached hydrogen (secondary N) is 1. The molecule has 1 aliphatic heterocycles. The van der Waals surface area contributed by atoms with Crippen LogP contribution in [-0.2, 0) is 14.3 Å². The zero-order chi connectivity index (χ0) is 22.8. The summed E-state index contributed by atoms with van der Waals surface area (Å²) in [7, 11) is 0. The molecule has 7 nitrogen and oxygen atoms in total. The summed E-state index contributed by atoms with van der Waals surface area (Å²) in [6.07, 6.45) is 0.0814. The molecule has 8 heteroatoms. The highest BCUT2D eigenvalue weighted by molar-refractivity contribution is 9.10. The molecule has 1 saturated heterocycles. The van der Waals surface area contributed by atoms with Crippen LogP contribution >= 0.6 is 15.9 Å². The summed E-state index contributed by atoms with van der Waals surface area (Å²) in [4.78, 5) is 50.6. The Kier molecular flexibility index (Phi) is 6.71. The number of benzene rings is 2.